The Balaban J connectivity index is 1.40. The minimum atomic E-state index is -0.132. The lowest BCUT2D eigenvalue weighted by Crippen LogP contribution is -2.14. The second kappa shape index (κ2) is 8.89. The van der Waals surface area contributed by atoms with E-state index in [9.17, 15) is 4.79 Å². The monoisotopic (exact) mass is 485 g/mol. The molecule has 146 valence electrons. The molecule has 4 rings (SSSR count). The highest BCUT2D eigenvalue weighted by atomic mass is 79.9. The third kappa shape index (κ3) is 4.75. The number of hydrogen-bond acceptors (Lipinski definition) is 6. The van der Waals surface area contributed by atoms with Crippen LogP contribution in [0.2, 0.25) is 0 Å². The first-order valence-electron chi connectivity index (χ1n) is 8.72. The molecule has 1 amide bonds. The van der Waals surface area contributed by atoms with Crippen LogP contribution >= 0.6 is 39.0 Å². The molecule has 0 spiro atoms. The van der Waals surface area contributed by atoms with Crippen LogP contribution in [-0.2, 0) is 4.79 Å². The fraction of sp³-hybridized carbons (Fsp3) is 0.100. The molecule has 29 heavy (non-hydrogen) atoms. The normalized spacial score (nSPS) is 10.8. The van der Waals surface area contributed by atoms with Crippen molar-refractivity contribution in [1.29, 1.82) is 0 Å². The third-order valence-corrected chi connectivity index (χ3v) is 6.25. The lowest BCUT2D eigenvalue weighted by molar-refractivity contribution is -0.113. The SMILES string of the molecule is Cc1nnc(SCC(=O)Nc2nc(-c3ccc(Br)cc3)cs2)n1-c1ccccc1. The molecule has 2 aromatic heterocycles. The van der Waals surface area contributed by atoms with Gasteiger partial charge in [-0.15, -0.1) is 21.5 Å². The van der Waals surface area contributed by atoms with E-state index in [1.807, 2.05) is 71.5 Å². The van der Waals surface area contributed by atoms with Gasteiger partial charge in [0, 0.05) is 21.1 Å². The third-order valence-electron chi connectivity index (χ3n) is 4.03. The summed E-state index contributed by atoms with van der Waals surface area (Å²) in [5.74, 6) is 0.864. The number of aryl methyl sites for hydroxylation is 1. The van der Waals surface area contributed by atoms with Crippen molar-refractivity contribution in [2.24, 2.45) is 0 Å². The minimum absolute atomic E-state index is 0.132. The van der Waals surface area contributed by atoms with Gasteiger partial charge < -0.3 is 5.32 Å². The second-order valence-electron chi connectivity index (χ2n) is 6.08. The highest BCUT2D eigenvalue weighted by molar-refractivity contribution is 9.10. The molecule has 0 aliphatic rings. The Bertz CT molecular complexity index is 1130. The van der Waals surface area contributed by atoms with Crippen molar-refractivity contribution in [2.45, 2.75) is 12.1 Å². The summed E-state index contributed by atoms with van der Waals surface area (Å²) in [4.78, 5) is 16.9. The number of hydrogen-bond donors (Lipinski definition) is 1. The van der Waals surface area contributed by atoms with Crippen LogP contribution in [0.4, 0.5) is 5.13 Å². The standard InChI is InChI=1S/C20H16BrN5OS2/c1-13-24-25-20(26(13)16-5-3-2-4-6-16)29-12-18(27)23-19-22-17(11-28-19)14-7-9-15(21)10-8-14/h2-11H,12H2,1H3,(H,22,23,27). The number of carbonyl (C=O) groups is 1. The van der Waals surface area contributed by atoms with Crippen LogP contribution in [0, 0.1) is 6.92 Å². The number of amides is 1. The second-order valence-corrected chi connectivity index (χ2v) is 8.80. The predicted octanol–water partition coefficient (Wildman–Crippen LogP) is 5.19. The summed E-state index contributed by atoms with van der Waals surface area (Å²) in [5.41, 5.74) is 2.81. The predicted molar refractivity (Wildman–Crippen MR) is 121 cm³/mol. The zero-order chi connectivity index (χ0) is 20.2. The van der Waals surface area contributed by atoms with Crippen molar-refractivity contribution >= 4 is 50.1 Å². The molecule has 6 nitrogen and oxygen atoms in total. The van der Waals surface area contributed by atoms with E-state index in [0.29, 0.717) is 10.3 Å². The topological polar surface area (TPSA) is 72.7 Å². The zero-order valence-corrected chi connectivity index (χ0v) is 18.6. The van der Waals surface area contributed by atoms with Crippen molar-refractivity contribution in [3.8, 4) is 16.9 Å². The number of thiazole rings is 1. The van der Waals surface area contributed by atoms with Gasteiger partial charge in [-0.3, -0.25) is 9.36 Å². The smallest absolute Gasteiger partial charge is 0.236 e. The molecule has 9 heteroatoms. The highest BCUT2D eigenvalue weighted by Gasteiger charge is 2.14. The van der Waals surface area contributed by atoms with E-state index in [-0.39, 0.29) is 11.7 Å². The first-order chi connectivity index (χ1) is 14.1. The Kier molecular flexibility index (Phi) is 6.08. The Morgan fingerprint density at radius 3 is 2.66 bits per heavy atom. The van der Waals surface area contributed by atoms with Crippen LogP contribution < -0.4 is 5.32 Å². The molecule has 2 heterocycles. The van der Waals surface area contributed by atoms with Crippen LogP contribution in [0.15, 0.2) is 69.6 Å². The quantitative estimate of drug-likeness (QED) is 0.380. The number of nitrogens with one attached hydrogen (secondary N) is 1. The lowest BCUT2D eigenvalue weighted by Gasteiger charge is -2.07. The summed E-state index contributed by atoms with van der Waals surface area (Å²) in [6, 6.07) is 17.8. The molecule has 0 unspecified atom stereocenters. The molecule has 0 radical (unpaired) electrons. The van der Waals surface area contributed by atoms with Crippen LogP contribution in [0.25, 0.3) is 16.9 Å². The van der Waals surface area contributed by atoms with Crippen LogP contribution in [0.5, 0.6) is 0 Å². The fourth-order valence-electron chi connectivity index (χ4n) is 2.68. The Hall–Kier alpha value is -2.49. The van der Waals surface area contributed by atoms with Crippen molar-refractivity contribution in [1.82, 2.24) is 19.7 Å². The number of benzene rings is 2. The molecule has 0 bridgehead atoms. The summed E-state index contributed by atoms with van der Waals surface area (Å²) in [6.07, 6.45) is 0. The van der Waals surface area contributed by atoms with Gasteiger partial charge in [-0.2, -0.15) is 0 Å². The Labute approximate surface area is 184 Å². The van der Waals surface area contributed by atoms with Crippen molar-refractivity contribution in [3.63, 3.8) is 0 Å². The molecule has 4 aromatic rings. The maximum Gasteiger partial charge on any atom is 0.236 e. The van der Waals surface area contributed by atoms with Gasteiger partial charge in [-0.05, 0) is 31.2 Å². The average molecular weight is 486 g/mol. The molecule has 0 aliphatic carbocycles. The van der Waals surface area contributed by atoms with E-state index in [2.05, 4.69) is 36.4 Å². The van der Waals surface area contributed by atoms with Gasteiger partial charge in [0.1, 0.15) is 5.82 Å². The highest BCUT2D eigenvalue weighted by Crippen LogP contribution is 2.27. The molecule has 0 atom stereocenters. The maximum atomic E-state index is 12.4. The van der Waals surface area contributed by atoms with Crippen molar-refractivity contribution in [2.75, 3.05) is 11.1 Å². The molecule has 0 saturated heterocycles. The van der Waals surface area contributed by atoms with Gasteiger partial charge in [-0.1, -0.05) is 58.0 Å². The van der Waals surface area contributed by atoms with Crippen LogP contribution in [-0.4, -0.2) is 31.4 Å². The summed E-state index contributed by atoms with van der Waals surface area (Å²) >= 11 is 6.17. The number of rotatable bonds is 6. The Morgan fingerprint density at radius 2 is 1.90 bits per heavy atom. The molecule has 0 aliphatic heterocycles. The number of thioether (sulfide) groups is 1. The van der Waals surface area contributed by atoms with Gasteiger partial charge >= 0.3 is 0 Å². The fourth-order valence-corrected chi connectivity index (χ4v) is 4.48. The van der Waals surface area contributed by atoms with Gasteiger partial charge in [0.05, 0.1) is 11.4 Å². The van der Waals surface area contributed by atoms with Crippen LogP contribution in [0.3, 0.4) is 0 Å². The summed E-state index contributed by atoms with van der Waals surface area (Å²) in [7, 11) is 0. The van der Waals surface area contributed by atoms with E-state index in [0.717, 1.165) is 27.2 Å². The van der Waals surface area contributed by atoms with Gasteiger partial charge in [0.25, 0.3) is 0 Å². The largest absolute Gasteiger partial charge is 0.301 e. The van der Waals surface area contributed by atoms with E-state index in [1.165, 1.54) is 23.1 Å². The number of anilines is 1. The number of carbonyl (C=O) groups excluding carboxylic acids is 1. The molecular formula is C20H16BrN5OS2. The van der Waals surface area contributed by atoms with Gasteiger partial charge in [0.15, 0.2) is 10.3 Å². The van der Waals surface area contributed by atoms with E-state index in [1.54, 1.807) is 0 Å². The molecular weight excluding hydrogens is 470 g/mol. The first kappa shape index (κ1) is 19.8. The zero-order valence-electron chi connectivity index (χ0n) is 15.4. The maximum absolute atomic E-state index is 12.4. The number of nitrogens with zero attached hydrogens (tertiary/aromatic N) is 4. The van der Waals surface area contributed by atoms with Gasteiger partial charge in [0.2, 0.25) is 5.91 Å². The minimum Gasteiger partial charge on any atom is -0.301 e. The van der Waals surface area contributed by atoms with Crippen molar-refractivity contribution < 1.29 is 4.79 Å². The molecule has 0 saturated carbocycles. The Morgan fingerprint density at radius 1 is 1.14 bits per heavy atom. The van der Waals surface area contributed by atoms with Gasteiger partial charge in [-0.25, -0.2) is 4.98 Å². The summed E-state index contributed by atoms with van der Waals surface area (Å²) < 4.78 is 2.95. The molecule has 0 fully saturated rings. The lowest BCUT2D eigenvalue weighted by atomic mass is 10.2. The summed E-state index contributed by atoms with van der Waals surface area (Å²) in [6.45, 7) is 1.89. The number of para-hydroxylation sites is 1. The van der Waals surface area contributed by atoms with Crippen molar-refractivity contribution in [3.05, 3.63) is 70.3 Å². The molecule has 2 aromatic carbocycles. The summed E-state index contributed by atoms with van der Waals surface area (Å²) in [5, 5.41) is 14.4. The average Bonchev–Trinajstić information content (AvgIpc) is 3.34. The first-order valence-corrected chi connectivity index (χ1v) is 11.4. The number of aromatic nitrogens is 4. The van der Waals surface area contributed by atoms with Crippen LogP contribution in [0.1, 0.15) is 5.82 Å². The van der Waals surface area contributed by atoms with E-state index in [4.69, 9.17) is 0 Å². The molecule has 1 N–H and O–H groups in total. The number of halogens is 1. The van der Waals surface area contributed by atoms with E-state index >= 15 is 0 Å². The van der Waals surface area contributed by atoms with E-state index < -0.39 is 0 Å².